The molecule has 1 aliphatic rings. The minimum atomic E-state index is -0.281. The van der Waals surface area contributed by atoms with Gasteiger partial charge < -0.3 is 10.6 Å². The maximum absolute atomic E-state index is 11.9. The number of rotatable bonds is 5. The van der Waals surface area contributed by atoms with Crippen molar-refractivity contribution >= 4 is 11.8 Å². The van der Waals surface area contributed by atoms with Crippen molar-refractivity contribution < 1.29 is 9.59 Å². The van der Waals surface area contributed by atoms with Crippen LogP contribution in [0.25, 0.3) is 0 Å². The molecule has 0 bridgehead atoms. The van der Waals surface area contributed by atoms with Crippen LogP contribution in [0.5, 0.6) is 0 Å². The molecule has 1 aromatic rings. The molecule has 0 saturated heterocycles. The molecule has 1 aliphatic carbocycles. The van der Waals surface area contributed by atoms with Crippen molar-refractivity contribution in [3.63, 3.8) is 0 Å². The van der Waals surface area contributed by atoms with E-state index in [2.05, 4.69) is 15.7 Å². The van der Waals surface area contributed by atoms with Gasteiger partial charge in [-0.15, -0.1) is 0 Å². The van der Waals surface area contributed by atoms with E-state index in [4.69, 9.17) is 0 Å². The van der Waals surface area contributed by atoms with Crippen molar-refractivity contribution in [2.24, 2.45) is 0 Å². The van der Waals surface area contributed by atoms with Gasteiger partial charge in [-0.05, 0) is 31.2 Å². The zero-order valence-corrected chi connectivity index (χ0v) is 12.1. The lowest BCUT2D eigenvalue weighted by Gasteiger charge is -2.16. The third kappa shape index (κ3) is 4.40. The molecule has 0 fully saturated rings. The fraction of sp³-hybridized carbons (Fsp3) is 0.571. The Morgan fingerprint density at radius 1 is 1.29 bits per heavy atom. The second kappa shape index (κ2) is 7.01. The van der Waals surface area contributed by atoms with E-state index in [0.717, 1.165) is 36.9 Å². The molecule has 0 saturated carbocycles. The summed E-state index contributed by atoms with van der Waals surface area (Å²) in [7, 11) is 0. The van der Waals surface area contributed by atoms with Crippen LogP contribution in [0.1, 0.15) is 31.0 Å². The van der Waals surface area contributed by atoms with Gasteiger partial charge in [0, 0.05) is 19.5 Å². The van der Waals surface area contributed by atoms with Crippen LogP contribution >= 0.6 is 0 Å². The second-order valence-electron chi connectivity index (χ2n) is 5.14. The highest BCUT2D eigenvalue weighted by atomic mass is 16.2. The van der Waals surface area contributed by atoms with E-state index in [-0.39, 0.29) is 23.9 Å². The van der Waals surface area contributed by atoms with Crippen LogP contribution in [-0.4, -0.2) is 34.7 Å². The predicted molar refractivity (Wildman–Crippen MR) is 76.8 cm³/mol. The number of carbonyl (C=O) groups excluding carboxylic acids is 2. The molecule has 0 radical (unpaired) electrons. The number of amides is 2. The van der Waals surface area contributed by atoms with Crippen LogP contribution in [-0.2, 0) is 29.0 Å². The topological polar surface area (TPSA) is 93.1 Å². The summed E-state index contributed by atoms with van der Waals surface area (Å²) in [5, 5.41) is 9.42. The molecule has 0 aliphatic heterocycles. The smallest absolute Gasteiger partial charge is 0.267 e. The number of aromatic nitrogens is 2. The monoisotopic (exact) mass is 292 g/mol. The highest BCUT2D eigenvalue weighted by Gasteiger charge is 2.13. The quantitative estimate of drug-likeness (QED) is 0.756. The van der Waals surface area contributed by atoms with E-state index < -0.39 is 0 Å². The first-order chi connectivity index (χ1) is 10.1. The van der Waals surface area contributed by atoms with Gasteiger partial charge in [0.05, 0.1) is 18.8 Å². The van der Waals surface area contributed by atoms with Crippen molar-refractivity contribution in [2.75, 3.05) is 13.1 Å². The fourth-order valence-corrected chi connectivity index (χ4v) is 2.33. The standard InChI is InChI=1S/C14H20N4O3/c1-10(19)16-9-13(20)15-6-7-18-14(21)8-11-4-2-3-5-12(11)17-18/h8H,2-7,9H2,1H3,(H,15,20)(H,16,19). The van der Waals surface area contributed by atoms with Gasteiger partial charge in [0.2, 0.25) is 11.8 Å². The van der Waals surface area contributed by atoms with Gasteiger partial charge in [-0.1, -0.05) is 0 Å². The van der Waals surface area contributed by atoms with Gasteiger partial charge in [-0.25, -0.2) is 4.68 Å². The maximum Gasteiger partial charge on any atom is 0.267 e. The number of hydrogen-bond acceptors (Lipinski definition) is 4. The van der Waals surface area contributed by atoms with E-state index in [1.165, 1.54) is 11.6 Å². The predicted octanol–water partition coefficient (Wildman–Crippen LogP) is -0.626. The number of nitrogens with one attached hydrogen (secondary N) is 2. The molecule has 0 unspecified atom stereocenters. The van der Waals surface area contributed by atoms with E-state index in [1.54, 1.807) is 6.07 Å². The zero-order valence-electron chi connectivity index (χ0n) is 12.1. The van der Waals surface area contributed by atoms with Gasteiger partial charge >= 0.3 is 0 Å². The number of nitrogens with zero attached hydrogens (tertiary/aromatic N) is 2. The molecule has 2 amide bonds. The SMILES string of the molecule is CC(=O)NCC(=O)NCCn1nc2c(cc1=O)CCCC2. The van der Waals surface area contributed by atoms with Crippen molar-refractivity contribution in [2.45, 2.75) is 39.2 Å². The molecule has 114 valence electrons. The van der Waals surface area contributed by atoms with Crippen LogP contribution in [0.3, 0.4) is 0 Å². The normalized spacial score (nSPS) is 13.4. The molecule has 0 atom stereocenters. The molecule has 2 N–H and O–H groups in total. The molecule has 0 aromatic carbocycles. The van der Waals surface area contributed by atoms with Crippen LogP contribution in [0.15, 0.2) is 10.9 Å². The highest BCUT2D eigenvalue weighted by molar-refractivity contribution is 5.83. The third-order valence-corrected chi connectivity index (χ3v) is 3.42. The molecule has 1 aromatic heterocycles. The summed E-state index contributed by atoms with van der Waals surface area (Å²) < 4.78 is 1.39. The largest absolute Gasteiger partial charge is 0.353 e. The summed E-state index contributed by atoms with van der Waals surface area (Å²) in [5.74, 6) is -0.533. The molecule has 7 heteroatoms. The molecular formula is C14H20N4O3. The third-order valence-electron chi connectivity index (χ3n) is 3.42. The van der Waals surface area contributed by atoms with Crippen molar-refractivity contribution in [3.8, 4) is 0 Å². The summed E-state index contributed by atoms with van der Waals surface area (Å²) in [6.07, 6.45) is 4.04. The molecule has 0 spiro atoms. The number of aryl methyl sites for hydroxylation is 2. The molecule has 7 nitrogen and oxygen atoms in total. The number of hydrogen-bond donors (Lipinski definition) is 2. The van der Waals surface area contributed by atoms with Crippen LogP contribution in [0, 0.1) is 0 Å². The number of carbonyl (C=O) groups is 2. The van der Waals surface area contributed by atoms with Crippen molar-refractivity contribution in [3.05, 3.63) is 27.7 Å². The highest BCUT2D eigenvalue weighted by Crippen LogP contribution is 2.16. The Hall–Kier alpha value is -2.18. The van der Waals surface area contributed by atoms with Crippen LogP contribution in [0.4, 0.5) is 0 Å². The Kier molecular flexibility index (Phi) is 5.08. The van der Waals surface area contributed by atoms with Crippen LogP contribution < -0.4 is 16.2 Å². The number of fused-ring (bicyclic) bond motifs is 1. The fourth-order valence-electron chi connectivity index (χ4n) is 2.33. The average molecular weight is 292 g/mol. The maximum atomic E-state index is 11.9. The van der Waals surface area contributed by atoms with Gasteiger partial charge in [-0.2, -0.15) is 5.10 Å². The minimum absolute atomic E-state index is 0.0537. The summed E-state index contributed by atoms with van der Waals surface area (Å²) in [6, 6.07) is 1.65. The second-order valence-corrected chi connectivity index (χ2v) is 5.14. The van der Waals surface area contributed by atoms with Gasteiger partial charge in [0.15, 0.2) is 0 Å². The summed E-state index contributed by atoms with van der Waals surface area (Å²) in [5.41, 5.74) is 1.91. The average Bonchev–Trinajstić information content (AvgIpc) is 2.45. The lowest BCUT2D eigenvalue weighted by molar-refractivity contribution is -0.125. The van der Waals surface area contributed by atoms with Crippen molar-refractivity contribution in [1.82, 2.24) is 20.4 Å². The Morgan fingerprint density at radius 2 is 2.05 bits per heavy atom. The van der Waals surface area contributed by atoms with Crippen LogP contribution in [0.2, 0.25) is 0 Å². The Bertz CT molecular complexity index is 594. The molecule has 2 rings (SSSR count). The molecule has 1 heterocycles. The van der Waals surface area contributed by atoms with E-state index in [0.29, 0.717) is 13.1 Å². The van der Waals surface area contributed by atoms with Gasteiger partial charge in [-0.3, -0.25) is 14.4 Å². The lowest BCUT2D eigenvalue weighted by atomic mass is 9.97. The lowest BCUT2D eigenvalue weighted by Crippen LogP contribution is -2.38. The van der Waals surface area contributed by atoms with E-state index in [1.807, 2.05) is 0 Å². The van der Waals surface area contributed by atoms with E-state index in [9.17, 15) is 14.4 Å². The van der Waals surface area contributed by atoms with Gasteiger partial charge in [0.25, 0.3) is 5.56 Å². The zero-order chi connectivity index (χ0) is 15.2. The first-order valence-corrected chi connectivity index (χ1v) is 7.17. The first kappa shape index (κ1) is 15.2. The Labute approximate surface area is 122 Å². The van der Waals surface area contributed by atoms with Gasteiger partial charge in [0.1, 0.15) is 0 Å². The Morgan fingerprint density at radius 3 is 2.81 bits per heavy atom. The summed E-state index contributed by atoms with van der Waals surface area (Å²) in [4.78, 5) is 34.0. The van der Waals surface area contributed by atoms with E-state index >= 15 is 0 Å². The molecule has 21 heavy (non-hydrogen) atoms. The summed E-state index contributed by atoms with van der Waals surface area (Å²) >= 11 is 0. The molecular weight excluding hydrogens is 272 g/mol. The summed E-state index contributed by atoms with van der Waals surface area (Å²) in [6.45, 7) is 1.94. The minimum Gasteiger partial charge on any atom is -0.353 e. The van der Waals surface area contributed by atoms with Crippen molar-refractivity contribution in [1.29, 1.82) is 0 Å². The Balaban J connectivity index is 1.87. The first-order valence-electron chi connectivity index (χ1n) is 7.17.